The van der Waals surface area contributed by atoms with Gasteiger partial charge in [0.1, 0.15) is 11.5 Å². The first-order valence-electron chi connectivity index (χ1n) is 10.9. The summed E-state index contributed by atoms with van der Waals surface area (Å²) < 4.78 is 11.5. The van der Waals surface area contributed by atoms with E-state index in [0.29, 0.717) is 48.4 Å². The molecule has 2 amide bonds. The van der Waals surface area contributed by atoms with Crippen LogP contribution in [0.3, 0.4) is 0 Å². The molecule has 0 atom stereocenters. The zero-order valence-electron chi connectivity index (χ0n) is 17.7. The summed E-state index contributed by atoms with van der Waals surface area (Å²) in [4.78, 5) is 34.0. The Morgan fingerprint density at radius 3 is 2.43 bits per heavy atom. The van der Waals surface area contributed by atoms with E-state index in [1.807, 2.05) is 47.9 Å². The van der Waals surface area contributed by atoms with E-state index in [9.17, 15) is 9.59 Å². The lowest BCUT2D eigenvalue weighted by Gasteiger charge is -2.31. The zero-order chi connectivity index (χ0) is 21.1. The zero-order valence-corrected chi connectivity index (χ0v) is 17.7. The molecule has 0 aliphatic carbocycles. The van der Waals surface area contributed by atoms with Crippen LogP contribution in [-0.4, -0.2) is 59.4 Å². The Kier molecular flexibility index (Phi) is 6.06. The number of piperidine rings is 1. The topological polar surface area (TPSA) is 75.9 Å². The summed E-state index contributed by atoms with van der Waals surface area (Å²) >= 11 is 0. The van der Waals surface area contributed by atoms with Gasteiger partial charge < -0.3 is 19.0 Å². The Balaban J connectivity index is 1.41. The number of carbonyl (C=O) groups excluding carboxylic acids is 2. The predicted octanol–water partition coefficient (Wildman–Crippen LogP) is 3.64. The number of aryl methyl sites for hydroxylation is 1. The summed E-state index contributed by atoms with van der Waals surface area (Å²) in [7, 11) is 0. The quantitative estimate of drug-likeness (QED) is 0.751. The highest BCUT2D eigenvalue weighted by molar-refractivity contribution is 5.97. The molecule has 0 radical (unpaired) electrons. The van der Waals surface area contributed by atoms with Crippen molar-refractivity contribution in [1.82, 2.24) is 14.8 Å². The molecule has 2 aliphatic heterocycles. The summed E-state index contributed by atoms with van der Waals surface area (Å²) in [6.45, 7) is 7.08. The van der Waals surface area contributed by atoms with E-state index in [1.165, 1.54) is 0 Å². The number of para-hydroxylation sites is 1. The molecule has 4 rings (SSSR count). The number of hydrogen-bond donors (Lipinski definition) is 0. The van der Waals surface area contributed by atoms with Crippen molar-refractivity contribution in [1.29, 1.82) is 0 Å². The summed E-state index contributed by atoms with van der Waals surface area (Å²) in [5.41, 5.74) is 1.04. The third-order valence-electron chi connectivity index (χ3n) is 5.96. The first-order chi connectivity index (χ1) is 14.6. The van der Waals surface area contributed by atoms with E-state index in [2.05, 4.69) is 4.98 Å². The van der Waals surface area contributed by atoms with Gasteiger partial charge in [-0.3, -0.25) is 9.59 Å². The van der Waals surface area contributed by atoms with Gasteiger partial charge in [-0.05, 0) is 51.7 Å². The van der Waals surface area contributed by atoms with Gasteiger partial charge in [0.15, 0.2) is 11.6 Å². The van der Waals surface area contributed by atoms with Crippen molar-refractivity contribution < 1.29 is 18.7 Å². The fourth-order valence-corrected chi connectivity index (χ4v) is 4.28. The van der Waals surface area contributed by atoms with E-state index in [-0.39, 0.29) is 17.7 Å². The van der Waals surface area contributed by atoms with Gasteiger partial charge in [0, 0.05) is 32.1 Å². The van der Waals surface area contributed by atoms with Gasteiger partial charge in [-0.1, -0.05) is 12.1 Å². The molecule has 160 valence electrons. The number of oxazole rings is 1. The van der Waals surface area contributed by atoms with Gasteiger partial charge in [0.25, 0.3) is 11.8 Å². The molecule has 0 unspecified atom stereocenters. The Bertz CT molecular complexity index is 909. The standard InChI is InChI=1S/C23H29N3O4/c1-3-29-19-9-5-4-8-18(19)22(27)26-14-10-17(11-15-26)21-24-20(16(2)30-21)23(28)25-12-6-7-13-25/h4-5,8-9,17H,3,6-7,10-15H2,1-2H3. The van der Waals surface area contributed by atoms with Crippen molar-refractivity contribution in [3.63, 3.8) is 0 Å². The number of benzene rings is 1. The number of ether oxygens (including phenoxy) is 1. The molecular weight excluding hydrogens is 382 g/mol. The summed E-state index contributed by atoms with van der Waals surface area (Å²) in [5.74, 6) is 1.92. The maximum absolute atomic E-state index is 13.0. The highest BCUT2D eigenvalue weighted by atomic mass is 16.5. The van der Waals surface area contributed by atoms with E-state index < -0.39 is 0 Å². The fraction of sp³-hybridized carbons (Fsp3) is 0.522. The fourth-order valence-electron chi connectivity index (χ4n) is 4.28. The summed E-state index contributed by atoms with van der Waals surface area (Å²) in [6.07, 6.45) is 3.63. The molecule has 1 aromatic heterocycles. The van der Waals surface area contributed by atoms with Gasteiger partial charge in [-0.2, -0.15) is 0 Å². The first kappa shape index (κ1) is 20.4. The summed E-state index contributed by atoms with van der Waals surface area (Å²) in [6, 6.07) is 7.38. The van der Waals surface area contributed by atoms with Crippen LogP contribution < -0.4 is 4.74 Å². The highest BCUT2D eigenvalue weighted by Gasteiger charge is 2.31. The number of aromatic nitrogens is 1. The second kappa shape index (κ2) is 8.90. The average molecular weight is 412 g/mol. The molecule has 30 heavy (non-hydrogen) atoms. The lowest BCUT2D eigenvalue weighted by atomic mass is 9.96. The maximum Gasteiger partial charge on any atom is 0.276 e. The Morgan fingerprint density at radius 2 is 1.73 bits per heavy atom. The van der Waals surface area contributed by atoms with E-state index in [1.54, 1.807) is 0 Å². The number of rotatable bonds is 5. The molecule has 7 heteroatoms. The van der Waals surface area contributed by atoms with Crippen molar-refractivity contribution in [3.8, 4) is 5.75 Å². The molecule has 2 saturated heterocycles. The van der Waals surface area contributed by atoms with E-state index in [4.69, 9.17) is 9.15 Å². The normalized spacial score (nSPS) is 17.4. The highest BCUT2D eigenvalue weighted by Crippen LogP contribution is 2.31. The molecule has 0 N–H and O–H groups in total. The molecular formula is C23H29N3O4. The summed E-state index contributed by atoms with van der Waals surface area (Å²) in [5, 5.41) is 0. The van der Waals surface area contributed by atoms with Crippen LogP contribution in [0.1, 0.15) is 71.0 Å². The second-order valence-corrected chi connectivity index (χ2v) is 7.95. The van der Waals surface area contributed by atoms with Crippen molar-refractivity contribution in [2.24, 2.45) is 0 Å². The molecule has 7 nitrogen and oxygen atoms in total. The minimum Gasteiger partial charge on any atom is -0.493 e. The number of nitrogens with zero attached hydrogens (tertiary/aromatic N) is 3. The Morgan fingerprint density at radius 1 is 1.07 bits per heavy atom. The van der Waals surface area contributed by atoms with Gasteiger partial charge >= 0.3 is 0 Å². The van der Waals surface area contributed by atoms with Crippen LogP contribution in [0.4, 0.5) is 0 Å². The number of hydrogen-bond acceptors (Lipinski definition) is 5. The SMILES string of the molecule is CCOc1ccccc1C(=O)N1CCC(c2nc(C(=O)N3CCCC3)c(C)o2)CC1. The predicted molar refractivity (Wildman–Crippen MR) is 112 cm³/mol. The maximum atomic E-state index is 13.0. The lowest BCUT2D eigenvalue weighted by molar-refractivity contribution is 0.0701. The van der Waals surface area contributed by atoms with Gasteiger partial charge in [0.2, 0.25) is 0 Å². The van der Waals surface area contributed by atoms with Gasteiger partial charge in [-0.25, -0.2) is 4.98 Å². The van der Waals surface area contributed by atoms with Crippen LogP contribution in [0.15, 0.2) is 28.7 Å². The van der Waals surface area contributed by atoms with Crippen LogP contribution in [0.2, 0.25) is 0 Å². The third kappa shape index (κ3) is 4.06. The largest absolute Gasteiger partial charge is 0.493 e. The number of carbonyl (C=O) groups is 2. The molecule has 0 saturated carbocycles. The lowest BCUT2D eigenvalue weighted by Crippen LogP contribution is -2.38. The second-order valence-electron chi connectivity index (χ2n) is 7.95. The Hall–Kier alpha value is -2.83. The average Bonchev–Trinajstić information content (AvgIpc) is 3.44. The number of likely N-dealkylation sites (tertiary alicyclic amines) is 2. The van der Waals surface area contributed by atoms with Gasteiger partial charge in [0.05, 0.1) is 12.2 Å². The van der Waals surface area contributed by atoms with E-state index >= 15 is 0 Å². The monoisotopic (exact) mass is 411 g/mol. The molecule has 0 spiro atoms. The van der Waals surface area contributed by atoms with Crippen molar-refractivity contribution in [2.45, 2.75) is 45.4 Å². The van der Waals surface area contributed by atoms with Gasteiger partial charge in [-0.15, -0.1) is 0 Å². The van der Waals surface area contributed by atoms with Crippen molar-refractivity contribution >= 4 is 11.8 Å². The van der Waals surface area contributed by atoms with Crippen LogP contribution in [0.5, 0.6) is 5.75 Å². The van der Waals surface area contributed by atoms with Crippen LogP contribution in [-0.2, 0) is 0 Å². The van der Waals surface area contributed by atoms with Crippen molar-refractivity contribution in [3.05, 3.63) is 47.2 Å². The molecule has 2 aliphatic rings. The Labute approximate surface area is 177 Å². The van der Waals surface area contributed by atoms with Crippen LogP contribution >= 0.6 is 0 Å². The molecule has 0 bridgehead atoms. The van der Waals surface area contributed by atoms with Crippen LogP contribution in [0.25, 0.3) is 0 Å². The molecule has 3 heterocycles. The van der Waals surface area contributed by atoms with Crippen molar-refractivity contribution in [2.75, 3.05) is 32.8 Å². The minimum atomic E-state index is -0.0276. The number of amides is 2. The molecule has 2 aromatic rings. The first-order valence-corrected chi connectivity index (χ1v) is 10.9. The van der Waals surface area contributed by atoms with E-state index in [0.717, 1.165) is 38.8 Å². The smallest absolute Gasteiger partial charge is 0.276 e. The minimum absolute atomic E-state index is 0.00835. The molecule has 2 fully saturated rings. The van der Waals surface area contributed by atoms with Crippen LogP contribution in [0, 0.1) is 6.92 Å². The third-order valence-corrected chi connectivity index (χ3v) is 5.96. The molecule has 1 aromatic carbocycles.